The van der Waals surface area contributed by atoms with Crippen LogP contribution in [0.15, 0.2) is 24.3 Å². The fourth-order valence-corrected chi connectivity index (χ4v) is 1.78. The molecule has 0 fully saturated rings. The number of benzene rings is 1. The lowest BCUT2D eigenvalue weighted by Gasteiger charge is -2.20. The molecule has 5 nitrogen and oxygen atoms in total. The number of carboxylic acids is 1. The Morgan fingerprint density at radius 2 is 1.89 bits per heavy atom. The molecule has 0 radical (unpaired) electrons. The Balaban J connectivity index is 2.80. The highest BCUT2D eigenvalue weighted by molar-refractivity contribution is 5.95. The highest BCUT2D eigenvalue weighted by Gasteiger charge is 2.17. The first-order valence-corrected chi connectivity index (χ1v) is 6.17. The molecule has 19 heavy (non-hydrogen) atoms. The molecule has 1 aromatic carbocycles. The number of amides is 1. The molecule has 104 valence electrons. The normalized spacial score (nSPS) is 10.2. The number of carbonyl (C=O) groups is 2. The van der Waals surface area contributed by atoms with Crippen molar-refractivity contribution in [3.63, 3.8) is 0 Å². The van der Waals surface area contributed by atoms with Gasteiger partial charge in [-0.3, -0.25) is 9.59 Å². The second kappa shape index (κ2) is 7.53. The Bertz CT molecular complexity index is 428. The van der Waals surface area contributed by atoms with Gasteiger partial charge < -0.3 is 14.7 Å². The molecule has 1 aromatic rings. The van der Waals surface area contributed by atoms with Crippen LogP contribution in [0, 0.1) is 0 Å². The summed E-state index contributed by atoms with van der Waals surface area (Å²) >= 11 is 0. The quantitative estimate of drug-likeness (QED) is 0.816. The molecule has 0 aliphatic carbocycles. The fourth-order valence-electron chi connectivity index (χ4n) is 1.78. The van der Waals surface area contributed by atoms with Gasteiger partial charge in [0.05, 0.1) is 6.61 Å². The SMILES string of the molecule is CCCN(CC(=O)O)C(=O)c1ccc(COC)cc1. The molecule has 1 rings (SSSR count). The first kappa shape index (κ1) is 15.2. The lowest BCUT2D eigenvalue weighted by molar-refractivity contribution is -0.137. The van der Waals surface area contributed by atoms with Crippen molar-refractivity contribution in [2.75, 3.05) is 20.2 Å². The molecular formula is C14H19NO4. The van der Waals surface area contributed by atoms with Crippen molar-refractivity contribution in [1.82, 2.24) is 4.90 Å². The smallest absolute Gasteiger partial charge is 0.323 e. The predicted octanol–water partition coefficient (Wildman–Crippen LogP) is 1.77. The minimum Gasteiger partial charge on any atom is -0.480 e. The first-order valence-electron chi connectivity index (χ1n) is 6.17. The van der Waals surface area contributed by atoms with Crippen LogP contribution in [0.5, 0.6) is 0 Å². The minimum atomic E-state index is -1.00. The topological polar surface area (TPSA) is 66.8 Å². The number of carboxylic acid groups (broad SMARTS) is 1. The second-order valence-electron chi connectivity index (χ2n) is 4.25. The fraction of sp³-hybridized carbons (Fsp3) is 0.429. The largest absolute Gasteiger partial charge is 0.480 e. The van der Waals surface area contributed by atoms with Gasteiger partial charge in [0.1, 0.15) is 6.54 Å². The van der Waals surface area contributed by atoms with E-state index in [1.165, 1.54) is 4.90 Å². The van der Waals surface area contributed by atoms with Gasteiger partial charge in [-0.25, -0.2) is 0 Å². The summed E-state index contributed by atoms with van der Waals surface area (Å²) in [6.07, 6.45) is 0.723. The Morgan fingerprint density at radius 1 is 1.26 bits per heavy atom. The van der Waals surface area contributed by atoms with Gasteiger partial charge in [-0.05, 0) is 24.1 Å². The van der Waals surface area contributed by atoms with E-state index in [1.807, 2.05) is 19.1 Å². The van der Waals surface area contributed by atoms with Crippen molar-refractivity contribution in [3.8, 4) is 0 Å². The number of methoxy groups -OCH3 is 1. The van der Waals surface area contributed by atoms with Crippen LogP contribution < -0.4 is 0 Å². The molecular weight excluding hydrogens is 246 g/mol. The van der Waals surface area contributed by atoms with Crippen LogP contribution in [0.25, 0.3) is 0 Å². The van der Waals surface area contributed by atoms with E-state index in [9.17, 15) is 9.59 Å². The summed E-state index contributed by atoms with van der Waals surface area (Å²) in [5.41, 5.74) is 1.47. The number of hydrogen-bond donors (Lipinski definition) is 1. The Hall–Kier alpha value is -1.88. The zero-order valence-corrected chi connectivity index (χ0v) is 11.3. The van der Waals surface area contributed by atoms with E-state index in [2.05, 4.69) is 0 Å². The maximum Gasteiger partial charge on any atom is 0.323 e. The Labute approximate surface area is 112 Å². The summed E-state index contributed by atoms with van der Waals surface area (Å²) in [5, 5.41) is 8.81. The number of carbonyl (C=O) groups excluding carboxylic acids is 1. The van der Waals surface area contributed by atoms with Crippen LogP contribution in [-0.2, 0) is 16.1 Å². The van der Waals surface area contributed by atoms with Gasteiger partial charge in [-0.1, -0.05) is 19.1 Å². The standard InChI is InChI=1S/C14H19NO4/c1-3-8-15(9-13(16)17)14(18)12-6-4-11(5-7-12)10-19-2/h4-7H,3,8-10H2,1-2H3,(H,16,17). The van der Waals surface area contributed by atoms with E-state index in [-0.39, 0.29) is 12.5 Å². The monoisotopic (exact) mass is 265 g/mol. The van der Waals surface area contributed by atoms with Crippen LogP contribution in [0.3, 0.4) is 0 Å². The molecule has 0 aliphatic rings. The highest BCUT2D eigenvalue weighted by Crippen LogP contribution is 2.09. The summed E-state index contributed by atoms with van der Waals surface area (Å²) in [6.45, 7) is 2.56. The van der Waals surface area contributed by atoms with Crippen molar-refractivity contribution in [1.29, 1.82) is 0 Å². The maximum absolute atomic E-state index is 12.2. The zero-order valence-electron chi connectivity index (χ0n) is 11.3. The number of rotatable bonds is 7. The first-order chi connectivity index (χ1) is 9.08. The molecule has 0 bridgehead atoms. The van der Waals surface area contributed by atoms with Crippen LogP contribution in [0.4, 0.5) is 0 Å². The van der Waals surface area contributed by atoms with Crippen molar-refractivity contribution in [3.05, 3.63) is 35.4 Å². The molecule has 0 aromatic heterocycles. The third kappa shape index (κ3) is 4.71. The van der Waals surface area contributed by atoms with Gasteiger partial charge >= 0.3 is 5.97 Å². The third-order valence-corrected chi connectivity index (χ3v) is 2.62. The molecule has 0 spiro atoms. The van der Waals surface area contributed by atoms with Crippen LogP contribution in [0.2, 0.25) is 0 Å². The summed E-state index contributed by atoms with van der Waals surface area (Å²) < 4.78 is 4.99. The number of aliphatic carboxylic acids is 1. The van der Waals surface area contributed by atoms with Crippen molar-refractivity contribution >= 4 is 11.9 Å². The van der Waals surface area contributed by atoms with Gasteiger partial charge in [0, 0.05) is 19.2 Å². The van der Waals surface area contributed by atoms with Gasteiger partial charge in [0.2, 0.25) is 0 Å². The summed E-state index contributed by atoms with van der Waals surface area (Å²) in [4.78, 5) is 24.3. The molecule has 0 atom stereocenters. The average Bonchev–Trinajstić information content (AvgIpc) is 2.38. The number of nitrogens with zero attached hydrogens (tertiary/aromatic N) is 1. The average molecular weight is 265 g/mol. The Morgan fingerprint density at radius 3 is 2.37 bits per heavy atom. The van der Waals surface area contributed by atoms with Gasteiger partial charge in [0.15, 0.2) is 0 Å². The second-order valence-corrected chi connectivity index (χ2v) is 4.25. The van der Waals surface area contributed by atoms with Crippen LogP contribution in [-0.4, -0.2) is 42.1 Å². The summed E-state index contributed by atoms with van der Waals surface area (Å²) in [5.74, 6) is -1.26. The van der Waals surface area contributed by atoms with E-state index >= 15 is 0 Å². The van der Waals surface area contributed by atoms with Crippen molar-refractivity contribution in [2.45, 2.75) is 20.0 Å². The zero-order chi connectivity index (χ0) is 14.3. The minimum absolute atomic E-state index is 0.256. The van der Waals surface area contributed by atoms with Gasteiger partial charge in [-0.2, -0.15) is 0 Å². The summed E-state index contributed by atoms with van der Waals surface area (Å²) in [7, 11) is 1.61. The molecule has 0 saturated heterocycles. The molecule has 0 aliphatic heterocycles. The molecule has 0 heterocycles. The third-order valence-electron chi connectivity index (χ3n) is 2.62. The lowest BCUT2D eigenvalue weighted by atomic mass is 10.1. The molecule has 0 unspecified atom stereocenters. The summed E-state index contributed by atoms with van der Waals surface area (Å²) in [6, 6.07) is 7.01. The molecule has 5 heteroatoms. The highest BCUT2D eigenvalue weighted by atomic mass is 16.5. The molecule has 1 N–H and O–H groups in total. The van der Waals surface area contributed by atoms with Gasteiger partial charge in [0.25, 0.3) is 5.91 Å². The van der Waals surface area contributed by atoms with Crippen LogP contribution in [0.1, 0.15) is 29.3 Å². The molecule has 1 amide bonds. The van der Waals surface area contributed by atoms with E-state index in [0.29, 0.717) is 18.7 Å². The number of ether oxygens (including phenoxy) is 1. The molecule has 0 saturated carbocycles. The lowest BCUT2D eigenvalue weighted by Crippen LogP contribution is -2.36. The van der Waals surface area contributed by atoms with E-state index in [1.54, 1.807) is 19.2 Å². The predicted molar refractivity (Wildman–Crippen MR) is 71.0 cm³/mol. The number of hydrogen-bond acceptors (Lipinski definition) is 3. The maximum atomic E-state index is 12.2. The van der Waals surface area contributed by atoms with E-state index < -0.39 is 5.97 Å². The van der Waals surface area contributed by atoms with Crippen LogP contribution >= 0.6 is 0 Å². The van der Waals surface area contributed by atoms with E-state index in [0.717, 1.165) is 12.0 Å². The van der Waals surface area contributed by atoms with E-state index in [4.69, 9.17) is 9.84 Å². The Kier molecular flexibility index (Phi) is 6.02. The van der Waals surface area contributed by atoms with Gasteiger partial charge in [-0.15, -0.1) is 0 Å². The van der Waals surface area contributed by atoms with Crippen molar-refractivity contribution in [2.24, 2.45) is 0 Å². The van der Waals surface area contributed by atoms with Crippen molar-refractivity contribution < 1.29 is 19.4 Å².